The minimum Gasteiger partial charge on any atom is -0.451 e. The molecule has 1 aliphatic heterocycles. The number of carbonyl (C=O) groups excluding carboxylic acids is 1. The lowest BCUT2D eigenvalue weighted by molar-refractivity contribution is 0.0903. The monoisotopic (exact) mass is 298 g/mol. The van der Waals surface area contributed by atoms with Crippen molar-refractivity contribution in [2.75, 3.05) is 13.1 Å². The number of rotatable bonds is 4. The number of hydrogen-bond acceptors (Lipinski definition) is 3. The molecule has 1 aliphatic rings. The Kier molecular flexibility index (Phi) is 4.59. The van der Waals surface area contributed by atoms with E-state index in [1.54, 1.807) is 6.07 Å². The molecular formula is C18H22N2O2. The Hall–Kier alpha value is -2.07. The van der Waals surface area contributed by atoms with Crippen molar-refractivity contribution < 1.29 is 9.21 Å². The van der Waals surface area contributed by atoms with Gasteiger partial charge in [0.25, 0.3) is 5.91 Å². The van der Waals surface area contributed by atoms with Gasteiger partial charge >= 0.3 is 0 Å². The van der Waals surface area contributed by atoms with E-state index in [0.29, 0.717) is 5.76 Å². The number of benzene rings is 1. The zero-order valence-electron chi connectivity index (χ0n) is 12.9. The first-order valence-corrected chi connectivity index (χ1v) is 7.97. The summed E-state index contributed by atoms with van der Waals surface area (Å²) in [6.45, 7) is 3.99. The SMILES string of the molecule is CCc1ccc(-c2ccc(C(=O)NC3CCCNC3)o2)cc1. The van der Waals surface area contributed by atoms with Gasteiger partial charge < -0.3 is 15.1 Å². The van der Waals surface area contributed by atoms with E-state index in [0.717, 1.165) is 43.7 Å². The maximum Gasteiger partial charge on any atom is 0.287 e. The topological polar surface area (TPSA) is 54.3 Å². The van der Waals surface area contributed by atoms with Crippen molar-refractivity contribution in [3.63, 3.8) is 0 Å². The van der Waals surface area contributed by atoms with Crippen LogP contribution >= 0.6 is 0 Å². The number of aryl methyl sites for hydroxylation is 1. The van der Waals surface area contributed by atoms with Crippen LogP contribution in [0.15, 0.2) is 40.8 Å². The van der Waals surface area contributed by atoms with Crippen LogP contribution in [0.2, 0.25) is 0 Å². The highest BCUT2D eigenvalue weighted by atomic mass is 16.3. The summed E-state index contributed by atoms with van der Waals surface area (Å²) >= 11 is 0. The van der Waals surface area contributed by atoms with Crippen LogP contribution in [0.3, 0.4) is 0 Å². The summed E-state index contributed by atoms with van der Waals surface area (Å²) in [5.41, 5.74) is 2.29. The molecule has 2 aromatic rings. The zero-order valence-corrected chi connectivity index (χ0v) is 12.9. The van der Waals surface area contributed by atoms with Gasteiger partial charge in [-0.3, -0.25) is 4.79 Å². The molecular weight excluding hydrogens is 276 g/mol. The lowest BCUT2D eigenvalue weighted by Crippen LogP contribution is -2.45. The molecule has 1 fully saturated rings. The van der Waals surface area contributed by atoms with Gasteiger partial charge in [-0.25, -0.2) is 0 Å². The molecule has 0 bridgehead atoms. The summed E-state index contributed by atoms with van der Waals surface area (Å²) in [4.78, 5) is 12.2. The van der Waals surface area contributed by atoms with E-state index >= 15 is 0 Å². The molecule has 4 nitrogen and oxygen atoms in total. The van der Waals surface area contributed by atoms with Gasteiger partial charge in [-0.05, 0) is 43.5 Å². The number of amides is 1. The van der Waals surface area contributed by atoms with Gasteiger partial charge in [0.05, 0.1) is 0 Å². The highest BCUT2D eigenvalue weighted by Gasteiger charge is 2.18. The van der Waals surface area contributed by atoms with Crippen molar-refractivity contribution in [2.45, 2.75) is 32.2 Å². The highest BCUT2D eigenvalue weighted by molar-refractivity contribution is 5.92. The third-order valence-corrected chi connectivity index (χ3v) is 4.11. The molecule has 3 rings (SSSR count). The minimum absolute atomic E-state index is 0.134. The van der Waals surface area contributed by atoms with E-state index in [1.807, 2.05) is 18.2 Å². The molecule has 0 spiro atoms. The first-order valence-electron chi connectivity index (χ1n) is 7.97. The van der Waals surface area contributed by atoms with Gasteiger partial charge in [0.2, 0.25) is 0 Å². The van der Waals surface area contributed by atoms with Crippen LogP contribution in [-0.2, 0) is 6.42 Å². The quantitative estimate of drug-likeness (QED) is 0.912. The first-order chi connectivity index (χ1) is 10.8. The molecule has 2 N–H and O–H groups in total. The van der Waals surface area contributed by atoms with Gasteiger partial charge in [-0.1, -0.05) is 31.2 Å². The second-order valence-electron chi connectivity index (χ2n) is 5.73. The Morgan fingerprint density at radius 1 is 1.27 bits per heavy atom. The average molecular weight is 298 g/mol. The highest BCUT2D eigenvalue weighted by Crippen LogP contribution is 2.23. The van der Waals surface area contributed by atoms with Gasteiger partial charge in [0, 0.05) is 18.2 Å². The molecule has 1 aromatic carbocycles. The molecule has 4 heteroatoms. The van der Waals surface area contributed by atoms with E-state index in [9.17, 15) is 4.79 Å². The van der Waals surface area contributed by atoms with E-state index in [1.165, 1.54) is 5.56 Å². The van der Waals surface area contributed by atoms with Gasteiger partial charge in [-0.15, -0.1) is 0 Å². The fourth-order valence-corrected chi connectivity index (χ4v) is 2.75. The summed E-state index contributed by atoms with van der Waals surface area (Å²) < 4.78 is 5.71. The largest absolute Gasteiger partial charge is 0.451 e. The van der Waals surface area contributed by atoms with Gasteiger partial charge in [-0.2, -0.15) is 0 Å². The maximum atomic E-state index is 12.2. The predicted molar refractivity (Wildman–Crippen MR) is 86.9 cm³/mol. The van der Waals surface area contributed by atoms with Gasteiger partial charge in [0.15, 0.2) is 5.76 Å². The number of carbonyl (C=O) groups is 1. The summed E-state index contributed by atoms with van der Waals surface area (Å²) in [6, 6.07) is 12.0. The normalized spacial score (nSPS) is 18.1. The fraction of sp³-hybridized carbons (Fsp3) is 0.389. The average Bonchev–Trinajstić information content (AvgIpc) is 3.06. The minimum atomic E-state index is -0.134. The second kappa shape index (κ2) is 6.79. The molecule has 1 aromatic heterocycles. The molecule has 116 valence electrons. The van der Waals surface area contributed by atoms with Crippen molar-refractivity contribution >= 4 is 5.91 Å². The number of nitrogens with one attached hydrogen (secondary N) is 2. The van der Waals surface area contributed by atoms with Crippen LogP contribution < -0.4 is 10.6 Å². The second-order valence-corrected chi connectivity index (χ2v) is 5.73. The Balaban J connectivity index is 1.68. The van der Waals surface area contributed by atoms with Crippen LogP contribution in [0.5, 0.6) is 0 Å². The fourth-order valence-electron chi connectivity index (χ4n) is 2.75. The van der Waals surface area contributed by atoms with Crippen LogP contribution in [0.25, 0.3) is 11.3 Å². The van der Waals surface area contributed by atoms with Crippen LogP contribution in [-0.4, -0.2) is 25.0 Å². The molecule has 0 saturated carbocycles. The summed E-state index contributed by atoms with van der Waals surface area (Å²) in [7, 11) is 0. The zero-order chi connectivity index (χ0) is 15.4. The van der Waals surface area contributed by atoms with Gasteiger partial charge in [0.1, 0.15) is 5.76 Å². The summed E-state index contributed by atoms with van der Waals surface area (Å²) in [5.74, 6) is 0.972. The third-order valence-electron chi connectivity index (χ3n) is 4.11. The Morgan fingerprint density at radius 2 is 2.09 bits per heavy atom. The van der Waals surface area contributed by atoms with E-state index in [-0.39, 0.29) is 11.9 Å². The van der Waals surface area contributed by atoms with Crippen LogP contribution in [0.4, 0.5) is 0 Å². The van der Waals surface area contributed by atoms with Crippen molar-refractivity contribution in [1.29, 1.82) is 0 Å². The smallest absolute Gasteiger partial charge is 0.287 e. The number of hydrogen-bond donors (Lipinski definition) is 2. The Bertz CT molecular complexity index is 625. The van der Waals surface area contributed by atoms with Crippen molar-refractivity contribution in [1.82, 2.24) is 10.6 Å². The lowest BCUT2D eigenvalue weighted by Gasteiger charge is -2.23. The van der Waals surface area contributed by atoms with Crippen LogP contribution in [0, 0.1) is 0 Å². The Morgan fingerprint density at radius 3 is 2.77 bits per heavy atom. The van der Waals surface area contributed by atoms with E-state index in [4.69, 9.17) is 4.42 Å². The van der Waals surface area contributed by atoms with E-state index < -0.39 is 0 Å². The first kappa shape index (κ1) is 14.9. The molecule has 1 unspecified atom stereocenters. The number of piperidine rings is 1. The van der Waals surface area contributed by atoms with E-state index in [2.05, 4.69) is 29.7 Å². The molecule has 1 atom stereocenters. The standard InChI is InChI=1S/C18H22N2O2/c1-2-13-5-7-14(8-6-13)16-9-10-17(22-16)18(21)20-15-4-3-11-19-12-15/h5-10,15,19H,2-4,11-12H2,1H3,(H,20,21). The molecule has 0 radical (unpaired) electrons. The third kappa shape index (κ3) is 3.39. The lowest BCUT2D eigenvalue weighted by atomic mass is 10.1. The summed E-state index contributed by atoms with van der Waals surface area (Å²) in [5, 5.41) is 6.31. The predicted octanol–water partition coefficient (Wildman–Crippen LogP) is 2.99. The molecule has 0 aliphatic carbocycles. The number of furan rings is 1. The van der Waals surface area contributed by atoms with Crippen molar-refractivity contribution in [2.24, 2.45) is 0 Å². The summed E-state index contributed by atoms with van der Waals surface area (Å²) in [6.07, 6.45) is 3.13. The van der Waals surface area contributed by atoms with Crippen molar-refractivity contribution in [3.05, 3.63) is 47.7 Å². The molecule has 22 heavy (non-hydrogen) atoms. The molecule has 1 amide bonds. The van der Waals surface area contributed by atoms with Crippen molar-refractivity contribution in [3.8, 4) is 11.3 Å². The maximum absolute atomic E-state index is 12.2. The molecule has 1 saturated heterocycles. The Labute approximate surface area is 130 Å². The molecule has 2 heterocycles. The van der Waals surface area contributed by atoms with Crippen LogP contribution in [0.1, 0.15) is 35.9 Å².